The molecule has 5 nitrogen and oxygen atoms in total. The molecule has 1 aromatic carbocycles. The summed E-state index contributed by atoms with van der Waals surface area (Å²) in [5, 5.41) is 5.50. The van der Waals surface area contributed by atoms with E-state index in [1.54, 1.807) is 6.07 Å². The lowest BCUT2D eigenvalue weighted by Gasteiger charge is -2.15. The molecule has 1 atom stereocenters. The SMILES string of the molecule is CC(C)COc1ccccc1NC(=O)C1CNC(=O)C1. The van der Waals surface area contributed by atoms with Crippen molar-refractivity contribution in [1.29, 1.82) is 0 Å². The Bertz CT molecular complexity index is 500. The monoisotopic (exact) mass is 276 g/mol. The first-order chi connectivity index (χ1) is 9.56. The fourth-order valence-electron chi connectivity index (χ4n) is 1.98. The van der Waals surface area contributed by atoms with Crippen LogP contribution in [0.5, 0.6) is 5.75 Å². The van der Waals surface area contributed by atoms with Crippen molar-refractivity contribution in [2.75, 3.05) is 18.5 Å². The molecule has 0 radical (unpaired) electrons. The van der Waals surface area contributed by atoms with Gasteiger partial charge in [0.2, 0.25) is 11.8 Å². The van der Waals surface area contributed by atoms with Crippen LogP contribution in [0.15, 0.2) is 24.3 Å². The quantitative estimate of drug-likeness (QED) is 0.861. The fourth-order valence-corrected chi connectivity index (χ4v) is 1.98. The molecular weight excluding hydrogens is 256 g/mol. The highest BCUT2D eigenvalue weighted by Gasteiger charge is 2.28. The summed E-state index contributed by atoms with van der Waals surface area (Å²) >= 11 is 0. The number of carbonyl (C=O) groups excluding carboxylic acids is 2. The molecular formula is C15H20N2O3. The summed E-state index contributed by atoms with van der Waals surface area (Å²) in [6.45, 7) is 5.13. The third-order valence-corrected chi connectivity index (χ3v) is 3.07. The van der Waals surface area contributed by atoms with Gasteiger partial charge in [0.05, 0.1) is 18.2 Å². The van der Waals surface area contributed by atoms with Crippen LogP contribution >= 0.6 is 0 Å². The molecule has 20 heavy (non-hydrogen) atoms. The highest BCUT2D eigenvalue weighted by Crippen LogP contribution is 2.25. The minimum atomic E-state index is -0.305. The van der Waals surface area contributed by atoms with Crippen LogP contribution in [0.25, 0.3) is 0 Å². The van der Waals surface area contributed by atoms with Crippen molar-refractivity contribution < 1.29 is 14.3 Å². The topological polar surface area (TPSA) is 67.4 Å². The van der Waals surface area contributed by atoms with Crippen molar-refractivity contribution in [2.24, 2.45) is 11.8 Å². The summed E-state index contributed by atoms with van der Waals surface area (Å²) < 4.78 is 5.69. The van der Waals surface area contributed by atoms with Crippen molar-refractivity contribution >= 4 is 17.5 Å². The molecule has 0 bridgehead atoms. The minimum absolute atomic E-state index is 0.0745. The Kier molecular flexibility index (Phi) is 4.61. The lowest BCUT2D eigenvalue weighted by molar-refractivity contribution is -0.123. The largest absolute Gasteiger partial charge is 0.491 e. The van der Waals surface area contributed by atoms with Gasteiger partial charge in [-0.25, -0.2) is 0 Å². The maximum atomic E-state index is 12.1. The van der Waals surface area contributed by atoms with Crippen LogP contribution in [0, 0.1) is 11.8 Å². The Labute approximate surface area is 118 Å². The van der Waals surface area contributed by atoms with E-state index >= 15 is 0 Å². The molecule has 1 aliphatic heterocycles. The highest BCUT2D eigenvalue weighted by molar-refractivity contribution is 5.98. The number of hydrogen-bond donors (Lipinski definition) is 2. The summed E-state index contributed by atoms with van der Waals surface area (Å²) in [6, 6.07) is 7.34. The third-order valence-electron chi connectivity index (χ3n) is 3.07. The van der Waals surface area contributed by atoms with E-state index in [0.29, 0.717) is 30.5 Å². The Morgan fingerprint density at radius 2 is 2.20 bits per heavy atom. The number of anilines is 1. The first-order valence-electron chi connectivity index (χ1n) is 6.85. The van der Waals surface area contributed by atoms with Gasteiger partial charge in [-0.15, -0.1) is 0 Å². The summed E-state index contributed by atoms with van der Waals surface area (Å²) in [4.78, 5) is 23.2. The van der Waals surface area contributed by atoms with Crippen molar-refractivity contribution in [3.63, 3.8) is 0 Å². The van der Waals surface area contributed by atoms with E-state index in [1.807, 2.05) is 18.2 Å². The Balaban J connectivity index is 2.01. The lowest BCUT2D eigenvalue weighted by Crippen LogP contribution is -2.25. The Morgan fingerprint density at radius 3 is 2.85 bits per heavy atom. The number of para-hydroxylation sites is 2. The molecule has 1 heterocycles. The summed E-state index contributed by atoms with van der Waals surface area (Å²) in [5.41, 5.74) is 0.650. The number of hydrogen-bond acceptors (Lipinski definition) is 3. The number of nitrogens with one attached hydrogen (secondary N) is 2. The number of carbonyl (C=O) groups is 2. The molecule has 108 valence electrons. The second-order valence-corrected chi connectivity index (χ2v) is 5.40. The van der Waals surface area contributed by atoms with Gasteiger partial charge in [0.1, 0.15) is 5.75 Å². The van der Waals surface area contributed by atoms with Crippen LogP contribution in [0.4, 0.5) is 5.69 Å². The van der Waals surface area contributed by atoms with Gasteiger partial charge in [0.15, 0.2) is 0 Å². The standard InChI is InChI=1S/C15H20N2O3/c1-10(2)9-20-13-6-4-3-5-12(13)17-15(19)11-7-14(18)16-8-11/h3-6,10-11H,7-9H2,1-2H3,(H,16,18)(H,17,19). The molecule has 1 unspecified atom stereocenters. The van der Waals surface area contributed by atoms with Crippen molar-refractivity contribution in [3.8, 4) is 5.75 Å². The molecule has 5 heteroatoms. The average Bonchev–Trinajstić information content (AvgIpc) is 2.84. The van der Waals surface area contributed by atoms with Gasteiger partial charge in [0.25, 0.3) is 0 Å². The zero-order valence-electron chi connectivity index (χ0n) is 11.8. The van der Waals surface area contributed by atoms with Crippen LogP contribution in [0.3, 0.4) is 0 Å². The molecule has 1 fully saturated rings. The molecule has 1 aromatic rings. The molecule has 1 aliphatic rings. The van der Waals surface area contributed by atoms with E-state index in [4.69, 9.17) is 4.74 Å². The van der Waals surface area contributed by atoms with Crippen LogP contribution in [0.1, 0.15) is 20.3 Å². The number of amides is 2. The van der Waals surface area contributed by atoms with E-state index in [-0.39, 0.29) is 24.2 Å². The molecule has 0 spiro atoms. The Morgan fingerprint density at radius 1 is 1.45 bits per heavy atom. The summed E-state index contributed by atoms with van der Waals surface area (Å²) in [6.07, 6.45) is 0.251. The van der Waals surface area contributed by atoms with Crippen LogP contribution in [0.2, 0.25) is 0 Å². The van der Waals surface area contributed by atoms with Crippen molar-refractivity contribution in [3.05, 3.63) is 24.3 Å². The van der Waals surface area contributed by atoms with E-state index < -0.39 is 0 Å². The fraction of sp³-hybridized carbons (Fsp3) is 0.467. The molecule has 0 aromatic heterocycles. The van der Waals surface area contributed by atoms with Crippen molar-refractivity contribution in [1.82, 2.24) is 5.32 Å². The predicted octanol–water partition coefficient (Wildman–Crippen LogP) is 1.80. The van der Waals surface area contributed by atoms with Gasteiger partial charge in [-0.3, -0.25) is 9.59 Å². The Hall–Kier alpha value is -2.04. The molecule has 0 aliphatic carbocycles. The van der Waals surface area contributed by atoms with Gasteiger partial charge in [-0.1, -0.05) is 26.0 Å². The highest BCUT2D eigenvalue weighted by atomic mass is 16.5. The minimum Gasteiger partial charge on any atom is -0.491 e. The predicted molar refractivity (Wildman–Crippen MR) is 76.5 cm³/mol. The van der Waals surface area contributed by atoms with E-state index in [2.05, 4.69) is 24.5 Å². The van der Waals surface area contributed by atoms with Crippen LogP contribution < -0.4 is 15.4 Å². The van der Waals surface area contributed by atoms with Crippen LogP contribution in [-0.2, 0) is 9.59 Å². The smallest absolute Gasteiger partial charge is 0.229 e. The molecule has 2 rings (SSSR count). The molecule has 2 amide bonds. The van der Waals surface area contributed by atoms with Gasteiger partial charge in [-0.2, -0.15) is 0 Å². The molecule has 1 saturated heterocycles. The van der Waals surface area contributed by atoms with Crippen LogP contribution in [-0.4, -0.2) is 25.0 Å². The normalized spacial score (nSPS) is 17.9. The maximum absolute atomic E-state index is 12.1. The van der Waals surface area contributed by atoms with E-state index in [1.165, 1.54) is 0 Å². The van der Waals surface area contributed by atoms with Gasteiger partial charge >= 0.3 is 0 Å². The first-order valence-corrected chi connectivity index (χ1v) is 6.85. The lowest BCUT2D eigenvalue weighted by atomic mass is 10.1. The molecule has 0 saturated carbocycles. The van der Waals surface area contributed by atoms with Gasteiger partial charge in [-0.05, 0) is 18.1 Å². The first kappa shape index (κ1) is 14.4. The number of rotatable bonds is 5. The second kappa shape index (κ2) is 6.41. The molecule has 2 N–H and O–H groups in total. The number of ether oxygens (including phenoxy) is 1. The summed E-state index contributed by atoms with van der Waals surface area (Å²) in [7, 11) is 0. The number of benzene rings is 1. The van der Waals surface area contributed by atoms with Gasteiger partial charge < -0.3 is 15.4 Å². The maximum Gasteiger partial charge on any atom is 0.229 e. The average molecular weight is 276 g/mol. The van der Waals surface area contributed by atoms with E-state index in [9.17, 15) is 9.59 Å². The zero-order valence-corrected chi connectivity index (χ0v) is 11.8. The van der Waals surface area contributed by atoms with Crippen molar-refractivity contribution in [2.45, 2.75) is 20.3 Å². The zero-order chi connectivity index (χ0) is 14.5. The summed E-state index contributed by atoms with van der Waals surface area (Å²) in [5.74, 6) is 0.543. The van der Waals surface area contributed by atoms with Gasteiger partial charge in [0, 0.05) is 13.0 Å². The van der Waals surface area contributed by atoms with E-state index in [0.717, 1.165) is 0 Å². The third kappa shape index (κ3) is 3.73. The second-order valence-electron chi connectivity index (χ2n) is 5.40.